The molecule has 0 bridgehead atoms. The summed E-state index contributed by atoms with van der Waals surface area (Å²) < 4.78 is 63.5. The second-order valence-electron chi connectivity index (χ2n) is 6.05. The van der Waals surface area contributed by atoms with Gasteiger partial charge in [0.1, 0.15) is 10.7 Å². The molecule has 0 aliphatic rings. The summed E-state index contributed by atoms with van der Waals surface area (Å²) in [6, 6.07) is 12.6. The second kappa shape index (κ2) is 7.51. The highest BCUT2D eigenvalue weighted by atomic mass is 32.2. The van der Waals surface area contributed by atoms with Gasteiger partial charge in [-0.2, -0.15) is 13.2 Å². The zero-order chi connectivity index (χ0) is 20.5. The van der Waals surface area contributed by atoms with Crippen molar-refractivity contribution in [3.05, 3.63) is 77.5 Å². The molecule has 3 aromatic rings. The lowest BCUT2D eigenvalue weighted by Crippen LogP contribution is -2.09. The van der Waals surface area contributed by atoms with E-state index in [1.165, 1.54) is 35.0 Å². The number of alkyl halides is 3. The Kier molecular flexibility index (Phi) is 5.28. The first-order valence-electron chi connectivity index (χ1n) is 8.06. The smallest absolute Gasteiger partial charge is 0.366 e. The SMILES string of the molecule is NC(=O)c1cc(-c2ccccc2C(F)(F)F)n(-c2ccc(C[SH](=O)=O)cc2)c1. The molecule has 5 nitrogen and oxygen atoms in total. The van der Waals surface area contributed by atoms with Crippen LogP contribution in [0, 0.1) is 0 Å². The minimum atomic E-state index is -4.58. The van der Waals surface area contributed by atoms with Gasteiger partial charge in [-0.15, -0.1) is 0 Å². The van der Waals surface area contributed by atoms with Crippen molar-refractivity contribution in [2.45, 2.75) is 11.9 Å². The van der Waals surface area contributed by atoms with Crippen LogP contribution in [-0.4, -0.2) is 18.9 Å². The van der Waals surface area contributed by atoms with Crippen LogP contribution in [0.4, 0.5) is 13.2 Å². The number of nitrogens with zero attached hydrogens (tertiary/aromatic N) is 1. The molecule has 1 amide bonds. The molecule has 0 spiro atoms. The van der Waals surface area contributed by atoms with Gasteiger partial charge in [-0.05, 0) is 29.8 Å². The fraction of sp³-hybridized carbons (Fsp3) is 0.105. The molecule has 0 saturated carbocycles. The van der Waals surface area contributed by atoms with Crippen LogP contribution >= 0.6 is 0 Å². The summed E-state index contributed by atoms with van der Waals surface area (Å²) in [5, 5.41) is 0. The molecule has 0 aliphatic carbocycles. The highest BCUT2D eigenvalue weighted by Crippen LogP contribution is 2.38. The minimum absolute atomic E-state index is 0.0543. The molecule has 1 heterocycles. The highest BCUT2D eigenvalue weighted by Gasteiger charge is 2.34. The van der Waals surface area contributed by atoms with Crippen molar-refractivity contribution in [1.29, 1.82) is 0 Å². The number of primary amides is 1. The van der Waals surface area contributed by atoms with Gasteiger partial charge >= 0.3 is 6.18 Å². The average molecular weight is 408 g/mol. The first-order valence-corrected chi connectivity index (χ1v) is 9.43. The number of halogens is 3. The number of aromatic nitrogens is 1. The quantitative estimate of drug-likeness (QED) is 0.635. The zero-order valence-corrected chi connectivity index (χ0v) is 15.2. The van der Waals surface area contributed by atoms with E-state index in [9.17, 15) is 26.4 Å². The number of nitrogens with two attached hydrogens (primary N) is 1. The van der Waals surface area contributed by atoms with E-state index in [4.69, 9.17) is 5.73 Å². The number of carbonyl (C=O) groups excluding carboxylic acids is 1. The van der Waals surface area contributed by atoms with Crippen molar-refractivity contribution in [3.8, 4) is 16.9 Å². The van der Waals surface area contributed by atoms with Crippen LogP contribution in [-0.2, 0) is 22.6 Å². The molecule has 146 valence electrons. The predicted molar refractivity (Wildman–Crippen MR) is 98.7 cm³/mol. The molecule has 0 saturated heterocycles. The molecule has 2 aromatic carbocycles. The summed E-state index contributed by atoms with van der Waals surface area (Å²) in [5.41, 5.74) is 5.57. The van der Waals surface area contributed by atoms with Crippen molar-refractivity contribution in [3.63, 3.8) is 0 Å². The monoisotopic (exact) mass is 408 g/mol. The van der Waals surface area contributed by atoms with E-state index >= 15 is 0 Å². The number of amides is 1. The molecule has 3 rings (SSSR count). The molecule has 1 aromatic heterocycles. The molecule has 0 radical (unpaired) electrons. The number of carbonyl (C=O) groups is 1. The molecule has 0 unspecified atom stereocenters. The minimum Gasteiger partial charge on any atom is -0.366 e. The summed E-state index contributed by atoms with van der Waals surface area (Å²) in [6.07, 6.45) is -3.23. The van der Waals surface area contributed by atoms with Gasteiger partial charge in [0.2, 0.25) is 5.91 Å². The summed E-state index contributed by atoms with van der Waals surface area (Å²) in [7, 11) is -2.60. The Labute approximate surface area is 160 Å². The Morgan fingerprint density at radius 1 is 1.04 bits per heavy atom. The van der Waals surface area contributed by atoms with E-state index in [1.807, 2.05) is 0 Å². The highest BCUT2D eigenvalue weighted by molar-refractivity contribution is 7.71. The van der Waals surface area contributed by atoms with Gasteiger partial charge in [0, 0.05) is 17.4 Å². The molecule has 2 N–H and O–H groups in total. The summed E-state index contributed by atoms with van der Waals surface area (Å²) in [4.78, 5) is 11.6. The van der Waals surface area contributed by atoms with Crippen molar-refractivity contribution < 1.29 is 26.4 Å². The molecule has 0 aliphatic heterocycles. The van der Waals surface area contributed by atoms with Gasteiger partial charge in [0.05, 0.1) is 22.6 Å². The van der Waals surface area contributed by atoms with Crippen molar-refractivity contribution in [1.82, 2.24) is 4.57 Å². The third kappa shape index (κ3) is 4.09. The Morgan fingerprint density at radius 3 is 2.25 bits per heavy atom. The number of benzene rings is 2. The van der Waals surface area contributed by atoms with Gasteiger partial charge in [0.25, 0.3) is 0 Å². The maximum absolute atomic E-state index is 13.4. The van der Waals surface area contributed by atoms with Crippen LogP contribution in [0.3, 0.4) is 0 Å². The topological polar surface area (TPSA) is 82.2 Å². The first-order chi connectivity index (χ1) is 13.2. The van der Waals surface area contributed by atoms with Gasteiger partial charge < -0.3 is 10.3 Å². The summed E-state index contributed by atoms with van der Waals surface area (Å²) >= 11 is 0. The van der Waals surface area contributed by atoms with E-state index in [0.717, 1.165) is 6.07 Å². The van der Waals surface area contributed by atoms with E-state index in [2.05, 4.69) is 0 Å². The molecule has 0 fully saturated rings. The third-order valence-electron chi connectivity index (χ3n) is 4.14. The Hall–Kier alpha value is -3.07. The van der Waals surface area contributed by atoms with Gasteiger partial charge in [-0.25, -0.2) is 8.42 Å². The van der Waals surface area contributed by atoms with Crippen molar-refractivity contribution >= 4 is 16.6 Å². The van der Waals surface area contributed by atoms with Crippen LogP contribution in [0.5, 0.6) is 0 Å². The number of thiol groups is 1. The molecule has 9 heteroatoms. The summed E-state index contributed by atoms with van der Waals surface area (Å²) in [5.74, 6) is -0.915. The maximum Gasteiger partial charge on any atom is 0.417 e. The predicted octanol–water partition coefficient (Wildman–Crippen LogP) is 3.37. The Bertz CT molecular complexity index is 1090. The van der Waals surface area contributed by atoms with Crippen LogP contribution in [0.1, 0.15) is 21.5 Å². The number of hydrogen-bond donors (Lipinski definition) is 2. The molecule has 28 heavy (non-hydrogen) atoms. The van der Waals surface area contributed by atoms with Gasteiger partial charge in [0.15, 0.2) is 0 Å². The summed E-state index contributed by atoms with van der Waals surface area (Å²) in [6.45, 7) is 0. The van der Waals surface area contributed by atoms with E-state index in [0.29, 0.717) is 11.3 Å². The van der Waals surface area contributed by atoms with Crippen LogP contribution in [0.25, 0.3) is 16.9 Å². The van der Waals surface area contributed by atoms with Crippen molar-refractivity contribution in [2.24, 2.45) is 5.73 Å². The fourth-order valence-corrected chi connectivity index (χ4v) is 3.39. The zero-order valence-electron chi connectivity index (χ0n) is 14.3. The lowest BCUT2D eigenvalue weighted by Gasteiger charge is -2.15. The second-order valence-corrected chi connectivity index (χ2v) is 7.03. The lowest BCUT2D eigenvalue weighted by atomic mass is 10.0. The Morgan fingerprint density at radius 2 is 1.68 bits per heavy atom. The maximum atomic E-state index is 13.4. The number of hydrogen-bond acceptors (Lipinski definition) is 3. The van der Waals surface area contributed by atoms with E-state index < -0.39 is 28.4 Å². The third-order valence-corrected chi connectivity index (χ3v) is 4.76. The van der Waals surface area contributed by atoms with E-state index in [1.54, 1.807) is 24.3 Å². The van der Waals surface area contributed by atoms with Crippen LogP contribution in [0.2, 0.25) is 0 Å². The number of rotatable bonds is 5. The standard InChI is InChI=1S/C19H15F3N2O3S/c20-19(21,22)16-4-2-1-3-15(16)17-9-13(18(23)25)10-24(17)14-7-5-12(6-8-14)11-28(26)27/h1-10,28H,11H2,(H2,23,25). The Balaban J connectivity index is 2.18. The molecule has 0 atom stereocenters. The largest absolute Gasteiger partial charge is 0.417 e. The van der Waals surface area contributed by atoms with E-state index in [-0.39, 0.29) is 22.6 Å². The first kappa shape index (κ1) is 19.7. The average Bonchev–Trinajstić information content (AvgIpc) is 3.07. The molecular weight excluding hydrogens is 393 g/mol. The normalized spacial score (nSPS) is 11.7. The van der Waals surface area contributed by atoms with Crippen LogP contribution in [0.15, 0.2) is 60.8 Å². The van der Waals surface area contributed by atoms with Crippen LogP contribution < -0.4 is 5.73 Å². The van der Waals surface area contributed by atoms with Crippen molar-refractivity contribution in [2.75, 3.05) is 0 Å². The lowest BCUT2D eigenvalue weighted by molar-refractivity contribution is -0.137. The molecular formula is C19H15F3N2O3S. The fourth-order valence-electron chi connectivity index (χ4n) is 2.88. The van der Waals surface area contributed by atoms with Gasteiger partial charge in [-0.3, -0.25) is 4.79 Å². The van der Waals surface area contributed by atoms with Gasteiger partial charge in [-0.1, -0.05) is 30.3 Å².